The average molecular weight is 261 g/mol. The fraction of sp³-hybridized carbons (Fsp3) is 0.200. The minimum Gasteiger partial charge on any atom is -0.549 e. The van der Waals surface area contributed by atoms with Gasteiger partial charge in [-0.15, -0.1) is 11.3 Å². The molecule has 0 fully saturated rings. The van der Waals surface area contributed by atoms with E-state index in [0.717, 1.165) is 14.6 Å². The largest absolute Gasteiger partial charge is 1.00 e. The number of para-hydroxylation sites is 1. The Labute approximate surface area is 124 Å². The number of aromatic nitrogens is 1. The molecule has 1 unspecified atom stereocenters. The molecule has 78 valence electrons. The van der Waals surface area contributed by atoms with Crippen LogP contribution in [0.5, 0.6) is 0 Å². The molecule has 0 radical (unpaired) electrons. The van der Waals surface area contributed by atoms with Crippen molar-refractivity contribution >= 4 is 39.3 Å². The Balaban J connectivity index is 0.00000128. The molecule has 0 aliphatic heterocycles. The Morgan fingerprint density at radius 2 is 2.19 bits per heavy atom. The summed E-state index contributed by atoms with van der Waals surface area (Å²) in [7, 11) is 0. The van der Waals surface area contributed by atoms with Crippen LogP contribution < -0.4 is 34.7 Å². The molecule has 0 N–H and O–H groups in total. The summed E-state index contributed by atoms with van der Waals surface area (Å²) in [5.41, 5.74) is 0.913. The molecule has 0 aliphatic rings. The molecule has 3 nitrogen and oxygen atoms in total. The Bertz CT molecular complexity index is 467. The van der Waals surface area contributed by atoms with Crippen molar-refractivity contribution in [1.82, 2.24) is 4.98 Å². The number of hydrogen-bond acceptors (Lipinski definition) is 5. The molecule has 0 bridgehead atoms. The third-order valence-corrected chi connectivity index (χ3v) is 4.09. The van der Waals surface area contributed by atoms with Gasteiger partial charge in [0.05, 0.1) is 16.2 Å². The van der Waals surface area contributed by atoms with Gasteiger partial charge in [-0.3, -0.25) is 0 Å². The summed E-state index contributed by atoms with van der Waals surface area (Å²) >= 11 is 2.73. The number of rotatable bonds is 3. The molecule has 2 rings (SSSR count). The molecule has 1 heterocycles. The Hall–Kier alpha value is -0.0700. The van der Waals surface area contributed by atoms with E-state index in [1.807, 2.05) is 24.3 Å². The van der Waals surface area contributed by atoms with Crippen LogP contribution in [0.15, 0.2) is 28.6 Å². The van der Waals surface area contributed by atoms with Gasteiger partial charge in [-0.05, 0) is 19.1 Å². The fourth-order valence-electron chi connectivity index (χ4n) is 1.10. The molecular formula is C10H8NNaO2S2. The Morgan fingerprint density at radius 1 is 1.50 bits per heavy atom. The first-order valence-electron chi connectivity index (χ1n) is 4.40. The second-order valence-electron chi connectivity index (χ2n) is 3.03. The second-order valence-corrected chi connectivity index (χ2v) is 5.65. The van der Waals surface area contributed by atoms with Crippen molar-refractivity contribution in [3.05, 3.63) is 24.3 Å². The molecule has 6 heteroatoms. The first-order chi connectivity index (χ1) is 7.16. The second kappa shape index (κ2) is 6.02. The van der Waals surface area contributed by atoms with E-state index in [1.165, 1.54) is 23.1 Å². The van der Waals surface area contributed by atoms with Crippen molar-refractivity contribution in [3.8, 4) is 0 Å². The maximum absolute atomic E-state index is 10.6. The van der Waals surface area contributed by atoms with Crippen LogP contribution in [0.4, 0.5) is 0 Å². The van der Waals surface area contributed by atoms with Gasteiger partial charge in [0.1, 0.15) is 0 Å². The minimum atomic E-state index is -1.06. The number of carboxylic acid groups (broad SMARTS) is 1. The predicted molar refractivity (Wildman–Crippen MR) is 59.9 cm³/mol. The molecule has 0 aliphatic carbocycles. The maximum Gasteiger partial charge on any atom is 1.00 e. The number of carboxylic acids is 1. The number of aliphatic carboxylic acids is 1. The summed E-state index contributed by atoms with van der Waals surface area (Å²) in [5.74, 6) is -1.06. The van der Waals surface area contributed by atoms with Crippen LogP contribution in [0.3, 0.4) is 0 Å². The smallest absolute Gasteiger partial charge is 0.549 e. The van der Waals surface area contributed by atoms with Gasteiger partial charge in [0.2, 0.25) is 0 Å². The van der Waals surface area contributed by atoms with Crippen LogP contribution in [0.2, 0.25) is 0 Å². The number of nitrogens with zero attached hydrogens (tertiary/aromatic N) is 1. The van der Waals surface area contributed by atoms with E-state index in [-0.39, 0.29) is 29.6 Å². The zero-order chi connectivity index (χ0) is 10.8. The molecule has 0 amide bonds. The zero-order valence-corrected chi connectivity index (χ0v) is 12.6. The monoisotopic (exact) mass is 261 g/mol. The summed E-state index contributed by atoms with van der Waals surface area (Å²) in [6.45, 7) is 1.60. The van der Waals surface area contributed by atoms with Crippen LogP contribution in [0, 0.1) is 0 Å². The van der Waals surface area contributed by atoms with Gasteiger partial charge in [0.25, 0.3) is 0 Å². The third-order valence-electron chi connectivity index (χ3n) is 1.88. The zero-order valence-electron chi connectivity index (χ0n) is 8.97. The molecule has 0 spiro atoms. The number of thioether (sulfide) groups is 1. The van der Waals surface area contributed by atoms with E-state index >= 15 is 0 Å². The van der Waals surface area contributed by atoms with Crippen LogP contribution in [-0.4, -0.2) is 16.2 Å². The van der Waals surface area contributed by atoms with Crippen molar-refractivity contribution in [1.29, 1.82) is 0 Å². The number of thiazole rings is 1. The number of benzene rings is 1. The summed E-state index contributed by atoms with van der Waals surface area (Å²) < 4.78 is 1.85. The quantitative estimate of drug-likeness (QED) is 0.500. The Kier molecular flexibility index (Phi) is 5.27. The molecule has 2 aromatic rings. The number of carbonyl (C=O) groups excluding carboxylic acids is 1. The van der Waals surface area contributed by atoms with Gasteiger partial charge in [-0.2, -0.15) is 0 Å². The molecule has 1 aromatic carbocycles. The standard InChI is InChI=1S/C10H9NO2S2.Na/c1-6(9(12)13)14-10-11-7-4-2-3-5-8(7)15-10;/h2-6H,1H3,(H,12,13);/q;+1/p-1. The van der Waals surface area contributed by atoms with Crippen LogP contribution in [-0.2, 0) is 4.79 Å². The van der Waals surface area contributed by atoms with Gasteiger partial charge >= 0.3 is 29.6 Å². The van der Waals surface area contributed by atoms with Gasteiger partial charge in [0, 0.05) is 5.25 Å². The summed E-state index contributed by atoms with van der Waals surface area (Å²) in [6.07, 6.45) is 0. The number of hydrogen-bond donors (Lipinski definition) is 0. The van der Waals surface area contributed by atoms with Gasteiger partial charge in [-0.25, -0.2) is 4.98 Å². The molecule has 1 aromatic heterocycles. The van der Waals surface area contributed by atoms with Crippen LogP contribution >= 0.6 is 23.1 Å². The fourth-order valence-corrected chi connectivity index (χ4v) is 3.24. The van der Waals surface area contributed by atoms with E-state index in [4.69, 9.17) is 0 Å². The minimum absolute atomic E-state index is 0. The van der Waals surface area contributed by atoms with E-state index in [0.29, 0.717) is 0 Å². The summed E-state index contributed by atoms with van der Waals surface area (Å²) in [6, 6.07) is 7.75. The van der Waals surface area contributed by atoms with E-state index in [9.17, 15) is 9.90 Å². The average Bonchev–Trinajstić information content (AvgIpc) is 2.59. The van der Waals surface area contributed by atoms with Gasteiger partial charge < -0.3 is 9.90 Å². The van der Waals surface area contributed by atoms with Crippen LogP contribution in [0.25, 0.3) is 10.2 Å². The van der Waals surface area contributed by atoms with Crippen molar-refractivity contribution in [2.24, 2.45) is 0 Å². The summed E-state index contributed by atoms with van der Waals surface area (Å²) in [4.78, 5) is 14.9. The molecule has 1 atom stereocenters. The number of carbonyl (C=O) groups is 1. The molecule has 0 saturated carbocycles. The first kappa shape index (κ1) is 14.0. The first-order valence-corrected chi connectivity index (χ1v) is 6.09. The normalized spacial score (nSPS) is 12.1. The van der Waals surface area contributed by atoms with E-state index in [1.54, 1.807) is 6.92 Å². The SMILES string of the molecule is CC(Sc1nc2ccccc2s1)C(=O)[O-].[Na+]. The topological polar surface area (TPSA) is 53.0 Å². The number of fused-ring (bicyclic) bond motifs is 1. The molecular weight excluding hydrogens is 253 g/mol. The molecule has 0 saturated heterocycles. The van der Waals surface area contributed by atoms with E-state index < -0.39 is 11.2 Å². The van der Waals surface area contributed by atoms with E-state index in [2.05, 4.69) is 4.98 Å². The van der Waals surface area contributed by atoms with Crippen molar-refractivity contribution in [2.45, 2.75) is 16.5 Å². The van der Waals surface area contributed by atoms with Crippen molar-refractivity contribution in [3.63, 3.8) is 0 Å². The van der Waals surface area contributed by atoms with Crippen molar-refractivity contribution in [2.75, 3.05) is 0 Å². The third kappa shape index (κ3) is 3.21. The van der Waals surface area contributed by atoms with Crippen molar-refractivity contribution < 1.29 is 39.5 Å². The maximum atomic E-state index is 10.6. The predicted octanol–water partition coefficient (Wildman–Crippen LogP) is -1.47. The Morgan fingerprint density at radius 3 is 2.81 bits per heavy atom. The van der Waals surface area contributed by atoms with Crippen LogP contribution in [0.1, 0.15) is 6.92 Å². The molecule has 16 heavy (non-hydrogen) atoms. The summed E-state index contributed by atoms with van der Waals surface area (Å²) in [5, 5.41) is 10.00. The van der Waals surface area contributed by atoms with Gasteiger partial charge in [0.15, 0.2) is 4.34 Å². The van der Waals surface area contributed by atoms with Gasteiger partial charge in [-0.1, -0.05) is 23.9 Å².